The number of Topliss-reactive ketones (excluding diaryl/α,β-unsaturated/α-hetero) is 1. The molecule has 2 aromatic rings. The molecule has 0 unspecified atom stereocenters. The zero-order valence-electron chi connectivity index (χ0n) is 15.2. The van der Waals surface area contributed by atoms with E-state index >= 15 is 0 Å². The van der Waals surface area contributed by atoms with Crippen molar-refractivity contribution in [3.05, 3.63) is 47.0 Å². The lowest BCUT2D eigenvalue weighted by molar-refractivity contribution is 0.0981. The molecule has 0 atom stereocenters. The molecule has 26 heavy (non-hydrogen) atoms. The Balaban J connectivity index is 2.24. The largest absolute Gasteiger partial charge is 0.495 e. The van der Waals surface area contributed by atoms with Crippen LogP contribution < -0.4 is 13.8 Å². The Hall–Kier alpha value is -2.54. The number of carbonyl (C=O) groups is 1. The maximum atomic E-state index is 13.4. The summed E-state index contributed by atoms with van der Waals surface area (Å²) < 4.78 is 38.8. The molecule has 138 valence electrons. The molecule has 2 aromatic carbocycles. The van der Waals surface area contributed by atoms with E-state index in [0.29, 0.717) is 11.3 Å². The minimum Gasteiger partial charge on any atom is -0.495 e. The van der Waals surface area contributed by atoms with Crippen LogP contribution in [0.4, 0.5) is 5.69 Å². The molecule has 0 saturated carbocycles. The van der Waals surface area contributed by atoms with Crippen molar-refractivity contribution in [3.63, 3.8) is 0 Å². The molecule has 7 heteroatoms. The van der Waals surface area contributed by atoms with Gasteiger partial charge in [0, 0.05) is 18.5 Å². The van der Waals surface area contributed by atoms with Crippen molar-refractivity contribution in [1.29, 1.82) is 0 Å². The zero-order chi connectivity index (χ0) is 19.1. The number of anilines is 1. The lowest BCUT2D eigenvalue weighted by atomic mass is 10.0. The minimum absolute atomic E-state index is 0.0601. The predicted octanol–water partition coefficient (Wildman–Crippen LogP) is 3.10. The predicted molar refractivity (Wildman–Crippen MR) is 98.9 cm³/mol. The zero-order valence-corrected chi connectivity index (χ0v) is 16.0. The topological polar surface area (TPSA) is 72.9 Å². The van der Waals surface area contributed by atoms with Crippen LogP contribution >= 0.6 is 0 Å². The van der Waals surface area contributed by atoms with Crippen LogP contribution in [-0.4, -0.2) is 35.0 Å². The van der Waals surface area contributed by atoms with Gasteiger partial charge in [0.25, 0.3) is 10.0 Å². The molecule has 0 saturated heterocycles. The van der Waals surface area contributed by atoms with E-state index in [1.807, 2.05) is 13.8 Å². The number of ether oxygens (including phenoxy) is 2. The summed E-state index contributed by atoms with van der Waals surface area (Å²) in [5.41, 5.74) is 2.42. The average Bonchev–Trinajstić information content (AvgIpc) is 2.63. The van der Waals surface area contributed by atoms with Crippen LogP contribution in [0.2, 0.25) is 0 Å². The highest BCUT2D eigenvalue weighted by molar-refractivity contribution is 7.93. The lowest BCUT2D eigenvalue weighted by Gasteiger charge is -2.31. The number of aryl methyl sites for hydroxylation is 2. The molecule has 0 spiro atoms. The fourth-order valence-electron chi connectivity index (χ4n) is 3.10. The van der Waals surface area contributed by atoms with Crippen molar-refractivity contribution in [3.8, 4) is 11.5 Å². The first kappa shape index (κ1) is 18.3. The Morgan fingerprint density at radius 1 is 1.00 bits per heavy atom. The van der Waals surface area contributed by atoms with Crippen LogP contribution in [-0.2, 0) is 10.0 Å². The van der Waals surface area contributed by atoms with Crippen LogP contribution in [0.15, 0.2) is 35.2 Å². The van der Waals surface area contributed by atoms with Gasteiger partial charge in [0.15, 0.2) is 5.78 Å². The lowest BCUT2D eigenvalue weighted by Crippen LogP contribution is -2.38. The van der Waals surface area contributed by atoms with Gasteiger partial charge in [-0.3, -0.25) is 9.10 Å². The van der Waals surface area contributed by atoms with E-state index in [1.54, 1.807) is 30.3 Å². The number of hydrogen-bond acceptors (Lipinski definition) is 5. The van der Waals surface area contributed by atoms with Crippen molar-refractivity contribution < 1.29 is 22.7 Å². The molecule has 1 aliphatic rings. The van der Waals surface area contributed by atoms with Gasteiger partial charge in [-0.15, -0.1) is 0 Å². The minimum atomic E-state index is -3.94. The van der Waals surface area contributed by atoms with Crippen molar-refractivity contribution in [2.45, 2.75) is 25.2 Å². The Labute approximate surface area is 153 Å². The fraction of sp³-hybridized carbons (Fsp3) is 0.316. The molecule has 0 amide bonds. The summed E-state index contributed by atoms with van der Waals surface area (Å²) in [5, 5.41) is 0. The number of hydrogen-bond donors (Lipinski definition) is 0. The van der Waals surface area contributed by atoms with Gasteiger partial charge in [0.2, 0.25) is 0 Å². The summed E-state index contributed by atoms with van der Waals surface area (Å²) in [6.45, 7) is 3.80. The van der Waals surface area contributed by atoms with Gasteiger partial charge in [-0.1, -0.05) is 6.07 Å². The number of ketones is 1. The highest BCUT2D eigenvalue weighted by Gasteiger charge is 2.36. The van der Waals surface area contributed by atoms with Gasteiger partial charge in [0.05, 0.1) is 14.2 Å². The van der Waals surface area contributed by atoms with E-state index in [-0.39, 0.29) is 35.1 Å². The normalized spacial score (nSPS) is 14.2. The highest BCUT2D eigenvalue weighted by atomic mass is 32.2. The summed E-state index contributed by atoms with van der Waals surface area (Å²) in [4.78, 5) is 12.4. The summed E-state index contributed by atoms with van der Waals surface area (Å²) in [7, 11) is -1.04. The van der Waals surface area contributed by atoms with Crippen molar-refractivity contribution in [1.82, 2.24) is 0 Å². The van der Waals surface area contributed by atoms with Crippen LogP contribution in [0.25, 0.3) is 0 Å². The van der Waals surface area contributed by atoms with Crippen LogP contribution in [0, 0.1) is 13.8 Å². The number of para-hydroxylation sites is 1. The van der Waals surface area contributed by atoms with Gasteiger partial charge in [-0.2, -0.15) is 0 Å². The van der Waals surface area contributed by atoms with Gasteiger partial charge in [-0.25, -0.2) is 8.42 Å². The molecular formula is C19H21NO5S. The number of fused-ring (bicyclic) bond motifs is 1. The molecular weight excluding hydrogens is 354 g/mol. The smallest absolute Gasteiger partial charge is 0.268 e. The number of carbonyl (C=O) groups excluding carboxylic acids is 1. The summed E-state index contributed by atoms with van der Waals surface area (Å²) in [5.74, 6) is 0.528. The molecule has 0 aliphatic carbocycles. The molecule has 0 radical (unpaired) electrons. The Morgan fingerprint density at radius 2 is 1.65 bits per heavy atom. The molecule has 0 fully saturated rings. The van der Waals surface area contributed by atoms with Gasteiger partial charge >= 0.3 is 0 Å². The third-order valence-corrected chi connectivity index (χ3v) is 6.48. The van der Waals surface area contributed by atoms with Gasteiger partial charge in [-0.05, 0) is 49.2 Å². The first-order valence-corrected chi connectivity index (χ1v) is 9.63. The molecule has 0 aromatic heterocycles. The van der Waals surface area contributed by atoms with E-state index in [2.05, 4.69) is 0 Å². The summed E-state index contributed by atoms with van der Waals surface area (Å²) in [6, 6.07) is 8.27. The second-order valence-electron chi connectivity index (χ2n) is 6.19. The van der Waals surface area contributed by atoms with Crippen molar-refractivity contribution in [2.75, 3.05) is 25.1 Å². The number of benzene rings is 2. The fourth-order valence-corrected chi connectivity index (χ4v) is 4.82. The number of nitrogens with zero attached hydrogens (tertiary/aromatic N) is 1. The van der Waals surface area contributed by atoms with E-state index in [1.165, 1.54) is 18.5 Å². The Morgan fingerprint density at radius 3 is 2.31 bits per heavy atom. The van der Waals surface area contributed by atoms with Crippen molar-refractivity contribution >= 4 is 21.5 Å². The second kappa shape index (κ2) is 6.64. The van der Waals surface area contributed by atoms with Crippen molar-refractivity contribution in [2.24, 2.45) is 0 Å². The standard InChI is InChI=1S/C19H21NO5S/c1-12-10-17(25-4)18(11-13(12)2)26(22,23)20-9-8-15(21)14-6-5-7-16(24-3)19(14)20/h5-7,10-11H,8-9H2,1-4H3. The molecule has 3 rings (SSSR count). The number of sulfonamides is 1. The maximum absolute atomic E-state index is 13.4. The molecule has 1 heterocycles. The van der Waals surface area contributed by atoms with Gasteiger partial charge < -0.3 is 9.47 Å². The third kappa shape index (κ3) is 2.82. The van der Waals surface area contributed by atoms with E-state index < -0.39 is 10.0 Å². The first-order chi connectivity index (χ1) is 12.3. The quantitative estimate of drug-likeness (QED) is 0.821. The average molecular weight is 375 g/mol. The number of methoxy groups -OCH3 is 2. The Bertz CT molecular complexity index is 982. The van der Waals surface area contributed by atoms with Gasteiger partial charge in [0.1, 0.15) is 22.1 Å². The summed E-state index contributed by atoms with van der Waals surface area (Å²) >= 11 is 0. The summed E-state index contributed by atoms with van der Waals surface area (Å²) in [6.07, 6.45) is 0.118. The monoisotopic (exact) mass is 375 g/mol. The molecule has 6 nitrogen and oxygen atoms in total. The maximum Gasteiger partial charge on any atom is 0.268 e. The van der Waals surface area contributed by atoms with Crippen LogP contribution in [0.5, 0.6) is 11.5 Å². The van der Waals surface area contributed by atoms with Crippen LogP contribution in [0.1, 0.15) is 27.9 Å². The number of rotatable bonds is 4. The highest BCUT2D eigenvalue weighted by Crippen LogP contribution is 2.41. The van der Waals surface area contributed by atoms with E-state index in [0.717, 1.165) is 11.1 Å². The molecule has 0 bridgehead atoms. The van der Waals surface area contributed by atoms with Crippen LogP contribution in [0.3, 0.4) is 0 Å². The van der Waals surface area contributed by atoms with E-state index in [9.17, 15) is 13.2 Å². The third-order valence-electron chi connectivity index (χ3n) is 4.66. The SMILES string of the molecule is COc1cc(C)c(C)cc1S(=O)(=O)N1CCC(=O)c2cccc(OC)c21. The van der Waals surface area contributed by atoms with E-state index in [4.69, 9.17) is 9.47 Å². The molecule has 1 aliphatic heterocycles. The Kier molecular flexibility index (Phi) is 4.66. The molecule has 0 N–H and O–H groups in total. The first-order valence-electron chi connectivity index (χ1n) is 8.19. The second-order valence-corrected chi connectivity index (χ2v) is 8.02.